The van der Waals surface area contributed by atoms with Crippen molar-refractivity contribution < 1.29 is 0 Å². The van der Waals surface area contributed by atoms with Gasteiger partial charge in [-0.25, -0.2) is 0 Å². The first kappa shape index (κ1) is 11.9. The second-order valence-corrected chi connectivity index (χ2v) is 2.91. The predicted molar refractivity (Wildman–Crippen MR) is 59.1 cm³/mol. The standard InChI is InChI=1S/C8H14N2.C3H4/c1-7-3-4-10-6-8(7)5-9-2;1-3-2/h5,10H,3-4,6H2,1-2H3;1H,2H3. The number of aliphatic imine (C=N–C) groups is 1. The van der Waals surface area contributed by atoms with Crippen molar-refractivity contribution in [3.05, 3.63) is 11.1 Å². The molecule has 0 aliphatic carbocycles. The topological polar surface area (TPSA) is 24.4 Å². The fourth-order valence-corrected chi connectivity index (χ4v) is 1.12. The van der Waals surface area contributed by atoms with Crippen molar-refractivity contribution in [3.63, 3.8) is 0 Å². The Labute approximate surface area is 81.1 Å². The van der Waals surface area contributed by atoms with Crippen molar-refractivity contribution in [1.82, 2.24) is 5.32 Å². The minimum atomic E-state index is 0.989. The van der Waals surface area contributed by atoms with Crippen molar-refractivity contribution in [3.8, 4) is 12.3 Å². The van der Waals surface area contributed by atoms with Crippen LogP contribution in [-0.4, -0.2) is 26.4 Å². The van der Waals surface area contributed by atoms with E-state index in [0.29, 0.717) is 0 Å². The van der Waals surface area contributed by atoms with Gasteiger partial charge in [-0.1, -0.05) is 5.57 Å². The fraction of sp³-hybridized carbons (Fsp3) is 0.545. The number of terminal acetylenes is 1. The molecule has 1 heterocycles. The van der Waals surface area contributed by atoms with Crippen LogP contribution in [0.25, 0.3) is 0 Å². The molecule has 0 atom stereocenters. The lowest BCUT2D eigenvalue weighted by molar-refractivity contribution is 0.693. The van der Waals surface area contributed by atoms with Crippen LogP contribution in [0.5, 0.6) is 0 Å². The van der Waals surface area contributed by atoms with Gasteiger partial charge in [0.15, 0.2) is 0 Å². The van der Waals surface area contributed by atoms with Crippen LogP contribution in [0.15, 0.2) is 16.1 Å². The third-order valence-electron chi connectivity index (χ3n) is 1.83. The summed E-state index contributed by atoms with van der Waals surface area (Å²) in [4.78, 5) is 3.99. The highest BCUT2D eigenvalue weighted by Gasteiger charge is 2.04. The molecular formula is C11H18N2. The average molecular weight is 178 g/mol. The second kappa shape index (κ2) is 7.57. The van der Waals surface area contributed by atoms with E-state index in [2.05, 4.69) is 29.6 Å². The Bertz CT molecular complexity index is 231. The zero-order chi connectivity index (χ0) is 10.1. The van der Waals surface area contributed by atoms with Crippen LogP contribution >= 0.6 is 0 Å². The van der Waals surface area contributed by atoms with Gasteiger partial charge in [0.1, 0.15) is 0 Å². The lowest BCUT2D eigenvalue weighted by atomic mass is 10.0. The largest absolute Gasteiger partial charge is 0.312 e. The van der Waals surface area contributed by atoms with Crippen molar-refractivity contribution in [2.75, 3.05) is 20.1 Å². The third kappa shape index (κ3) is 5.21. The molecule has 2 nitrogen and oxygen atoms in total. The monoisotopic (exact) mass is 178 g/mol. The van der Waals surface area contributed by atoms with E-state index in [1.54, 1.807) is 6.92 Å². The number of rotatable bonds is 1. The normalized spacial score (nSPS) is 16.5. The Morgan fingerprint density at radius 2 is 2.23 bits per heavy atom. The summed E-state index contributed by atoms with van der Waals surface area (Å²) < 4.78 is 0. The molecule has 2 heteroatoms. The maximum Gasteiger partial charge on any atom is 0.0277 e. The molecular weight excluding hydrogens is 160 g/mol. The molecule has 1 aliphatic rings. The van der Waals surface area contributed by atoms with E-state index in [0.717, 1.165) is 13.1 Å². The van der Waals surface area contributed by atoms with E-state index in [1.165, 1.54) is 17.6 Å². The molecule has 0 aromatic carbocycles. The van der Waals surface area contributed by atoms with E-state index in [1.807, 2.05) is 13.3 Å². The summed E-state index contributed by atoms with van der Waals surface area (Å²) in [6.07, 6.45) is 7.71. The number of nitrogens with one attached hydrogen (secondary N) is 1. The van der Waals surface area contributed by atoms with Gasteiger partial charge in [-0.15, -0.1) is 12.3 Å². The van der Waals surface area contributed by atoms with Crippen molar-refractivity contribution >= 4 is 6.21 Å². The zero-order valence-electron chi connectivity index (χ0n) is 8.72. The zero-order valence-corrected chi connectivity index (χ0v) is 8.72. The Morgan fingerprint density at radius 1 is 1.62 bits per heavy atom. The number of hydrogen-bond acceptors (Lipinski definition) is 2. The van der Waals surface area contributed by atoms with Crippen LogP contribution < -0.4 is 5.32 Å². The minimum Gasteiger partial charge on any atom is -0.312 e. The lowest BCUT2D eigenvalue weighted by Crippen LogP contribution is -2.24. The van der Waals surface area contributed by atoms with Crippen LogP contribution in [0.1, 0.15) is 20.3 Å². The Balaban J connectivity index is 0.000000424. The van der Waals surface area contributed by atoms with Crippen LogP contribution in [0.2, 0.25) is 0 Å². The van der Waals surface area contributed by atoms with E-state index in [4.69, 9.17) is 0 Å². The van der Waals surface area contributed by atoms with E-state index in [-0.39, 0.29) is 0 Å². The molecule has 0 aromatic rings. The highest BCUT2D eigenvalue weighted by atomic mass is 14.9. The summed E-state index contributed by atoms with van der Waals surface area (Å²) in [5.41, 5.74) is 2.83. The first-order valence-electron chi connectivity index (χ1n) is 4.45. The van der Waals surface area contributed by atoms with Gasteiger partial charge in [-0.05, 0) is 32.4 Å². The molecule has 13 heavy (non-hydrogen) atoms. The minimum absolute atomic E-state index is 0.989. The molecule has 0 unspecified atom stereocenters. The maximum atomic E-state index is 4.60. The summed E-state index contributed by atoms with van der Waals surface area (Å²) in [6.45, 7) is 5.94. The van der Waals surface area contributed by atoms with Crippen molar-refractivity contribution in [2.24, 2.45) is 4.99 Å². The Kier molecular flexibility index (Phi) is 6.95. The molecule has 72 valence electrons. The van der Waals surface area contributed by atoms with E-state index in [9.17, 15) is 0 Å². The van der Waals surface area contributed by atoms with Crippen molar-refractivity contribution in [1.29, 1.82) is 0 Å². The molecule has 1 N–H and O–H groups in total. The van der Waals surface area contributed by atoms with Crippen LogP contribution in [0.4, 0.5) is 0 Å². The summed E-state index contributed by atoms with van der Waals surface area (Å²) in [5.74, 6) is 2.25. The summed E-state index contributed by atoms with van der Waals surface area (Å²) >= 11 is 0. The molecule has 1 rings (SSSR count). The molecule has 0 amide bonds. The first-order chi connectivity index (χ1) is 6.26. The van der Waals surface area contributed by atoms with Gasteiger partial charge in [0, 0.05) is 19.8 Å². The molecule has 0 spiro atoms. The van der Waals surface area contributed by atoms with Gasteiger partial charge in [0.2, 0.25) is 0 Å². The van der Waals surface area contributed by atoms with Crippen molar-refractivity contribution in [2.45, 2.75) is 20.3 Å². The lowest BCUT2D eigenvalue weighted by Gasteiger charge is -2.15. The molecule has 1 aliphatic heterocycles. The fourth-order valence-electron chi connectivity index (χ4n) is 1.12. The SMILES string of the molecule is C#CC.CN=CC1=C(C)CCNC1. The quantitative estimate of drug-likeness (QED) is 0.479. The third-order valence-corrected chi connectivity index (χ3v) is 1.83. The molecule has 0 saturated carbocycles. The van der Waals surface area contributed by atoms with Gasteiger partial charge in [-0.3, -0.25) is 4.99 Å². The molecule has 0 fully saturated rings. The van der Waals surface area contributed by atoms with Gasteiger partial charge in [-0.2, -0.15) is 0 Å². The second-order valence-electron chi connectivity index (χ2n) is 2.91. The van der Waals surface area contributed by atoms with Gasteiger partial charge in [0.05, 0.1) is 0 Å². The molecule has 0 bridgehead atoms. The van der Waals surface area contributed by atoms with Crippen LogP contribution in [0.3, 0.4) is 0 Å². The molecule has 0 radical (unpaired) electrons. The smallest absolute Gasteiger partial charge is 0.0277 e. The molecule has 0 saturated heterocycles. The Morgan fingerprint density at radius 3 is 2.69 bits per heavy atom. The van der Waals surface area contributed by atoms with Crippen LogP contribution in [0, 0.1) is 12.3 Å². The molecule has 0 aromatic heterocycles. The highest BCUT2D eigenvalue weighted by Crippen LogP contribution is 2.08. The average Bonchev–Trinajstić information content (AvgIpc) is 2.11. The summed E-state index contributed by atoms with van der Waals surface area (Å²) in [7, 11) is 1.81. The summed E-state index contributed by atoms with van der Waals surface area (Å²) in [6, 6.07) is 0. The first-order valence-corrected chi connectivity index (χ1v) is 4.45. The number of nitrogens with zero attached hydrogens (tertiary/aromatic N) is 1. The Hall–Kier alpha value is -1.07. The summed E-state index contributed by atoms with van der Waals surface area (Å²) in [5, 5.41) is 3.30. The predicted octanol–water partition coefficient (Wildman–Crippen LogP) is 1.64. The van der Waals surface area contributed by atoms with E-state index < -0.39 is 0 Å². The van der Waals surface area contributed by atoms with Gasteiger partial charge < -0.3 is 5.32 Å². The highest BCUT2D eigenvalue weighted by molar-refractivity contribution is 5.80. The van der Waals surface area contributed by atoms with E-state index >= 15 is 0 Å². The van der Waals surface area contributed by atoms with Gasteiger partial charge in [0.25, 0.3) is 0 Å². The van der Waals surface area contributed by atoms with Crippen LogP contribution in [-0.2, 0) is 0 Å². The maximum absolute atomic E-state index is 4.60. The van der Waals surface area contributed by atoms with Gasteiger partial charge >= 0.3 is 0 Å². The number of hydrogen-bond donors (Lipinski definition) is 1.